The van der Waals surface area contributed by atoms with Crippen molar-refractivity contribution in [3.63, 3.8) is 0 Å². The van der Waals surface area contributed by atoms with Crippen molar-refractivity contribution in [1.29, 1.82) is 0 Å². The van der Waals surface area contributed by atoms with E-state index in [1.54, 1.807) is 0 Å². The molecule has 0 aromatic carbocycles. The molecule has 0 aliphatic carbocycles. The highest BCUT2D eigenvalue weighted by Crippen LogP contribution is 2.14. The summed E-state index contributed by atoms with van der Waals surface area (Å²) in [6.45, 7) is 5.61. The van der Waals surface area contributed by atoms with Gasteiger partial charge in [0.05, 0.1) is 0 Å². The number of likely N-dealkylation sites (tertiary alicyclic amines) is 1. The molecule has 0 saturated carbocycles. The second-order valence-electron chi connectivity index (χ2n) is 3.76. The average Bonchev–Trinajstić information content (AvgIpc) is 2.27. The van der Waals surface area contributed by atoms with Gasteiger partial charge in [-0.2, -0.15) is 0 Å². The zero-order valence-corrected chi connectivity index (χ0v) is 9.11. The molecule has 1 saturated heterocycles. The van der Waals surface area contributed by atoms with Crippen LogP contribution in [0.2, 0.25) is 0 Å². The van der Waals surface area contributed by atoms with E-state index in [9.17, 15) is 0 Å². The minimum Gasteiger partial charge on any atom is -0.368 e. The Hall–Kier alpha value is -0.970. The van der Waals surface area contributed by atoms with Crippen LogP contribution in [-0.4, -0.2) is 48.5 Å². The fourth-order valence-corrected chi connectivity index (χ4v) is 1.90. The molecular weight excluding hydrogens is 178 g/mol. The molecule has 0 spiro atoms. The van der Waals surface area contributed by atoms with Crippen molar-refractivity contribution < 1.29 is 0 Å². The van der Waals surface area contributed by atoms with Crippen LogP contribution in [0.5, 0.6) is 0 Å². The average molecular weight is 199 g/mol. The van der Waals surface area contributed by atoms with Crippen molar-refractivity contribution >= 4 is 5.96 Å². The lowest BCUT2D eigenvalue weighted by molar-refractivity contribution is 0.171. The minimum absolute atomic E-state index is 0.431. The summed E-state index contributed by atoms with van der Waals surface area (Å²) in [5.74, 6) is 5.57. The van der Waals surface area contributed by atoms with E-state index in [0.717, 1.165) is 32.5 Å². The zero-order valence-electron chi connectivity index (χ0n) is 9.11. The Labute approximate surface area is 85.7 Å². The van der Waals surface area contributed by atoms with Gasteiger partial charge in [0.25, 0.3) is 0 Å². The molecule has 0 aromatic heterocycles. The number of hydrazone groups is 1. The molecule has 1 aliphatic rings. The molecular formula is C9H21N5. The third kappa shape index (κ3) is 2.51. The first-order valence-corrected chi connectivity index (χ1v) is 5.17. The Morgan fingerprint density at radius 1 is 1.50 bits per heavy atom. The van der Waals surface area contributed by atoms with Crippen molar-refractivity contribution in [2.24, 2.45) is 16.7 Å². The number of hydrogen-bond acceptors (Lipinski definition) is 3. The lowest BCUT2D eigenvalue weighted by Crippen LogP contribution is -2.48. The molecule has 0 radical (unpaired) electrons. The lowest BCUT2D eigenvalue weighted by Gasteiger charge is -2.36. The minimum atomic E-state index is 0.431. The summed E-state index contributed by atoms with van der Waals surface area (Å²) in [5.41, 5.74) is 5.65. The third-order valence-corrected chi connectivity index (χ3v) is 3.05. The fourth-order valence-electron chi connectivity index (χ4n) is 1.90. The summed E-state index contributed by atoms with van der Waals surface area (Å²) in [5, 5.41) is 3.51. The molecule has 0 aromatic rings. The Balaban J connectivity index is 2.41. The van der Waals surface area contributed by atoms with E-state index in [0.29, 0.717) is 12.0 Å². The second-order valence-corrected chi connectivity index (χ2v) is 3.76. The highest BCUT2D eigenvalue weighted by molar-refractivity contribution is 5.77. The highest BCUT2D eigenvalue weighted by Gasteiger charge is 2.22. The molecule has 1 aliphatic heterocycles. The summed E-state index contributed by atoms with van der Waals surface area (Å²) >= 11 is 0. The molecule has 0 bridgehead atoms. The number of rotatable bonds is 2. The van der Waals surface area contributed by atoms with E-state index < -0.39 is 0 Å². The molecule has 4 N–H and O–H groups in total. The van der Waals surface area contributed by atoms with Crippen molar-refractivity contribution in [3.8, 4) is 0 Å². The van der Waals surface area contributed by atoms with Crippen LogP contribution >= 0.6 is 0 Å². The van der Waals surface area contributed by atoms with Crippen molar-refractivity contribution in [3.05, 3.63) is 0 Å². The van der Waals surface area contributed by atoms with Crippen LogP contribution in [0.15, 0.2) is 5.10 Å². The predicted molar refractivity (Wildman–Crippen MR) is 58.7 cm³/mol. The largest absolute Gasteiger partial charge is 0.368 e. The summed E-state index contributed by atoms with van der Waals surface area (Å²) in [4.78, 5) is 4.42. The number of hydrogen-bond donors (Lipinski definition) is 2. The molecule has 0 unspecified atom stereocenters. The van der Waals surface area contributed by atoms with E-state index in [1.807, 2.05) is 11.9 Å². The number of piperidine rings is 1. The summed E-state index contributed by atoms with van der Waals surface area (Å²) in [6.07, 6.45) is 2.28. The van der Waals surface area contributed by atoms with Gasteiger partial charge in [0, 0.05) is 26.2 Å². The van der Waals surface area contributed by atoms with Gasteiger partial charge in [-0.05, 0) is 19.4 Å². The topological polar surface area (TPSA) is 70.9 Å². The van der Waals surface area contributed by atoms with Gasteiger partial charge >= 0.3 is 0 Å². The third-order valence-electron chi connectivity index (χ3n) is 3.05. The second kappa shape index (κ2) is 5.05. The molecule has 5 heteroatoms. The predicted octanol–water partition coefficient (Wildman–Crippen LogP) is -0.409. The van der Waals surface area contributed by atoms with Gasteiger partial charge in [-0.25, -0.2) is 0 Å². The number of guanidine groups is 1. The quantitative estimate of drug-likeness (QED) is 0.274. The molecule has 0 amide bonds. The zero-order chi connectivity index (χ0) is 10.6. The standard InChI is InChI=1S/C9H21N5/c1-3-14-6-4-8(5-7-14)13(2)9(10)12-11/h8H,3-7,11H2,1-2H3,(H2,10,12). The van der Waals surface area contributed by atoms with E-state index >= 15 is 0 Å². The maximum atomic E-state index is 5.65. The maximum Gasteiger partial charge on any atom is 0.213 e. The first-order valence-electron chi connectivity index (χ1n) is 5.17. The summed E-state index contributed by atoms with van der Waals surface area (Å²) < 4.78 is 0. The van der Waals surface area contributed by atoms with Crippen molar-refractivity contribution in [2.75, 3.05) is 26.7 Å². The highest BCUT2D eigenvalue weighted by atomic mass is 15.3. The fraction of sp³-hybridized carbons (Fsp3) is 0.889. The normalized spacial score (nSPS) is 21.1. The SMILES string of the molecule is CCN1CCC(N(C)/C(N)=N/N)CC1. The van der Waals surface area contributed by atoms with Gasteiger partial charge in [0.2, 0.25) is 5.96 Å². The molecule has 5 nitrogen and oxygen atoms in total. The lowest BCUT2D eigenvalue weighted by atomic mass is 10.0. The van der Waals surface area contributed by atoms with Crippen LogP contribution in [-0.2, 0) is 0 Å². The molecule has 0 atom stereocenters. The number of nitrogens with zero attached hydrogens (tertiary/aromatic N) is 3. The van der Waals surface area contributed by atoms with Gasteiger partial charge in [0.15, 0.2) is 0 Å². The monoisotopic (exact) mass is 199 g/mol. The first kappa shape index (κ1) is 11.1. The van der Waals surface area contributed by atoms with Crippen molar-refractivity contribution in [1.82, 2.24) is 9.80 Å². The Bertz CT molecular complexity index is 195. The van der Waals surface area contributed by atoms with Crippen LogP contribution in [0, 0.1) is 0 Å². The first-order chi connectivity index (χ1) is 6.69. The molecule has 1 fully saturated rings. The van der Waals surface area contributed by atoms with Crippen LogP contribution in [0.1, 0.15) is 19.8 Å². The molecule has 1 rings (SSSR count). The van der Waals surface area contributed by atoms with Gasteiger partial charge in [0.1, 0.15) is 0 Å². The Morgan fingerprint density at radius 2 is 2.07 bits per heavy atom. The van der Waals surface area contributed by atoms with Crippen molar-refractivity contribution in [2.45, 2.75) is 25.8 Å². The van der Waals surface area contributed by atoms with E-state index in [2.05, 4.69) is 16.9 Å². The van der Waals surface area contributed by atoms with Gasteiger partial charge < -0.3 is 21.4 Å². The van der Waals surface area contributed by atoms with E-state index in [1.165, 1.54) is 0 Å². The smallest absolute Gasteiger partial charge is 0.213 e. The Morgan fingerprint density at radius 3 is 2.50 bits per heavy atom. The molecule has 1 heterocycles. The Kier molecular flexibility index (Phi) is 4.00. The maximum absolute atomic E-state index is 5.65. The van der Waals surface area contributed by atoms with Gasteiger partial charge in [-0.3, -0.25) is 0 Å². The van der Waals surface area contributed by atoms with E-state index in [4.69, 9.17) is 11.6 Å². The van der Waals surface area contributed by atoms with Gasteiger partial charge in [-0.1, -0.05) is 6.92 Å². The van der Waals surface area contributed by atoms with Gasteiger partial charge in [-0.15, -0.1) is 5.10 Å². The van der Waals surface area contributed by atoms with Crippen LogP contribution in [0.4, 0.5) is 0 Å². The number of nitrogens with two attached hydrogens (primary N) is 2. The summed E-state index contributed by atoms with van der Waals surface area (Å²) in [6, 6.07) is 0.491. The molecule has 82 valence electrons. The van der Waals surface area contributed by atoms with Crippen LogP contribution in [0.25, 0.3) is 0 Å². The van der Waals surface area contributed by atoms with Crippen LogP contribution < -0.4 is 11.6 Å². The van der Waals surface area contributed by atoms with E-state index in [-0.39, 0.29) is 0 Å². The molecule has 14 heavy (non-hydrogen) atoms. The summed E-state index contributed by atoms with van der Waals surface area (Å²) in [7, 11) is 1.96. The van der Waals surface area contributed by atoms with Crippen LogP contribution in [0.3, 0.4) is 0 Å².